The van der Waals surface area contributed by atoms with Crippen molar-refractivity contribution in [3.8, 4) is 0 Å². The number of nitrogens with zero attached hydrogens (tertiary/aromatic N) is 4. The smallest absolute Gasteiger partial charge is 0.0961 e. The molecule has 86 valence electrons. The first-order chi connectivity index (χ1) is 8.36. The molecule has 0 aliphatic rings. The van der Waals surface area contributed by atoms with Crippen molar-refractivity contribution in [2.24, 2.45) is 0 Å². The van der Waals surface area contributed by atoms with Crippen LogP contribution in [0.2, 0.25) is 0 Å². The van der Waals surface area contributed by atoms with Crippen molar-refractivity contribution in [2.45, 2.75) is 20.0 Å². The molecule has 0 N–H and O–H groups in total. The number of fused-ring (bicyclic) bond motifs is 1. The summed E-state index contributed by atoms with van der Waals surface area (Å²) < 4.78 is 4.08. The average Bonchev–Trinajstić information content (AvgIpc) is 2.97. The Balaban J connectivity index is 1.94. The number of aryl methyl sites for hydroxylation is 1. The van der Waals surface area contributed by atoms with Crippen molar-refractivity contribution in [3.63, 3.8) is 0 Å². The van der Waals surface area contributed by atoms with Crippen molar-refractivity contribution in [1.82, 2.24) is 19.3 Å². The van der Waals surface area contributed by atoms with Crippen LogP contribution in [0.1, 0.15) is 12.5 Å². The molecule has 17 heavy (non-hydrogen) atoms. The molecule has 2 aromatic heterocycles. The first-order valence-electron chi connectivity index (χ1n) is 5.78. The standard InChI is InChI=1S/C13H14N4/c1-2-17-9-11(7-15-17)8-16-10-14-12-5-3-4-6-13(12)16/h3-7,9-10H,2,8H2,1H3. The van der Waals surface area contributed by atoms with Gasteiger partial charge in [-0.15, -0.1) is 0 Å². The highest BCUT2D eigenvalue weighted by molar-refractivity contribution is 5.75. The van der Waals surface area contributed by atoms with E-state index in [2.05, 4.69) is 33.8 Å². The SMILES string of the molecule is CCn1cc(Cn2cnc3ccccc32)cn1. The highest BCUT2D eigenvalue weighted by Crippen LogP contribution is 2.13. The van der Waals surface area contributed by atoms with E-state index in [1.54, 1.807) is 0 Å². The van der Waals surface area contributed by atoms with E-state index in [9.17, 15) is 0 Å². The Labute approximate surface area is 99.5 Å². The van der Waals surface area contributed by atoms with Gasteiger partial charge in [0.15, 0.2) is 0 Å². The van der Waals surface area contributed by atoms with Gasteiger partial charge in [0.25, 0.3) is 0 Å². The van der Waals surface area contributed by atoms with Gasteiger partial charge < -0.3 is 4.57 Å². The summed E-state index contributed by atoms with van der Waals surface area (Å²) in [5, 5.41) is 4.28. The summed E-state index contributed by atoms with van der Waals surface area (Å²) in [7, 11) is 0. The van der Waals surface area contributed by atoms with Crippen molar-refractivity contribution >= 4 is 11.0 Å². The van der Waals surface area contributed by atoms with Crippen LogP contribution in [-0.2, 0) is 13.1 Å². The molecule has 0 aliphatic carbocycles. The van der Waals surface area contributed by atoms with E-state index in [4.69, 9.17) is 0 Å². The van der Waals surface area contributed by atoms with Crippen LogP contribution in [0.5, 0.6) is 0 Å². The number of para-hydroxylation sites is 2. The van der Waals surface area contributed by atoms with E-state index in [0.717, 1.165) is 24.1 Å². The molecule has 3 rings (SSSR count). The first-order valence-corrected chi connectivity index (χ1v) is 5.78. The van der Waals surface area contributed by atoms with Gasteiger partial charge in [0, 0.05) is 18.3 Å². The molecule has 0 amide bonds. The third kappa shape index (κ3) is 1.82. The number of rotatable bonds is 3. The minimum absolute atomic E-state index is 0.820. The first kappa shape index (κ1) is 10.1. The summed E-state index contributed by atoms with van der Waals surface area (Å²) >= 11 is 0. The van der Waals surface area contributed by atoms with Crippen LogP contribution < -0.4 is 0 Å². The molecule has 0 unspecified atom stereocenters. The van der Waals surface area contributed by atoms with E-state index in [1.807, 2.05) is 35.4 Å². The summed E-state index contributed by atoms with van der Waals surface area (Å²) in [6, 6.07) is 8.17. The molecular formula is C13H14N4. The molecule has 1 aromatic carbocycles. The van der Waals surface area contributed by atoms with E-state index in [0.29, 0.717) is 0 Å². The van der Waals surface area contributed by atoms with Gasteiger partial charge in [0.1, 0.15) is 0 Å². The Morgan fingerprint density at radius 1 is 1.24 bits per heavy atom. The van der Waals surface area contributed by atoms with Gasteiger partial charge >= 0.3 is 0 Å². The Hall–Kier alpha value is -2.10. The van der Waals surface area contributed by atoms with Gasteiger partial charge in [0.05, 0.1) is 30.1 Å². The Kier molecular flexibility index (Phi) is 2.40. The van der Waals surface area contributed by atoms with Crippen LogP contribution in [0.15, 0.2) is 43.0 Å². The maximum atomic E-state index is 4.38. The van der Waals surface area contributed by atoms with Gasteiger partial charge in [-0.3, -0.25) is 4.68 Å². The number of hydrogen-bond acceptors (Lipinski definition) is 2. The highest BCUT2D eigenvalue weighted by atomic mass is 15.3. The second-order valence-electron chi connectivity index (χ2n) is 4.07. The molecule has 2 heterocycles. The molecule has 0 saturated carbocycles. The number of aromatic nitrogens is 4. The van der Waals surface area contributed by atoms with Gasteiger partial charge in [-0.25, -0.2) is 4.98 Å². The largest absolute Gasteiger partial charge is 0.326 e. The number of imidazole rings is 1. The molecule has 0 atom stereocenters. The quantitative estimate of drug-likeness (QED) is 0.687. The van der Waals surface area contributed by atoms with Crippen molar-refractivity contribution < 1.29 is 0 Å². The lowest BCUT2D eigenvalue weighted by Crippen LogP contribution is -1.97. The fourth-order valence-corrected chi connectivity index (χ4v) is 1.99. The van der Waals surface area contributed by atoms with Crippen molar-refractivity contribution in [1.29, 1.82) is 0 Å². The Morgan fingerprint density at radius 3 is 2.94 bits per heavy atom. The predicted molar refractivity (Wildman–Crippen MR) is 66.7 cm³/mol. The number of hydrogen-bond donors (Lipinski definition) is 0. The third-order valence-corrected chi connectivity index (χ3v) is 2.89. The van der Waals surface area contributed by atoms with Crippen LogP contribution in [0.4, 0.5) is 0 Å². The van der Waals surface area contributed by atoms with Gasteiger partial charge in [-0.1, -0.05) is 12.1 Å². The van der Waals surface area contributed by atoms with Gasteiger partial charge in [-0.2, -0.15) is 5.10 Å². The topological polar surface area (TPSA) is 35.6 Å². The maximum Gasteiger partial charge on any atom is 0.0961 e. The second-order valence-corrected chi connectivity index (χ2v) is 4.07. The average molecular weight is 226 g/mol. The molecule has 0 saturated heterocycles. The second kappa shape index (κ2) is 4.05. The maximum absolute atomic E-state index is 4.38. The van der Waals surface area contributed by atoms with E-state index in [-0.39, 0.29) is 0 Å². The van der Waals surface area contributed by atoms with E-state index >= 15 is 0 Å². The fraction of sp³-hybridized carbons (Fsp3) is 0.231. The Morgan fingerprint density at radius 2 is 2.12 bits per heavy atom. The normalized spacial score (nSPS) is 11.1. The summed E-state index contributed by atoms with van der Waals surface area (Å²) in [6.07, 6.45) is 5.88. The zero-order chi connectivity index (χ0) is 11.7. The van der Waals surface area contributed by atoms with E-state index < -0.39 is 0 Å². The van der Waals surface area contributed by atoms with Crippen LogP contribution in [0.25, 0.3) is 11.0 Å². The number of benzene rings is 1. The molecule has 0 spiro atoms. The zero-order valence-corrected chi connectivity index (χ0v) is 9.74. The Bertz CT molecular complexity index is 635. The fourth-order valence-electron chi connectivity index (χ4n) is 1.99. The van der Waals surface area contributed by atoms with Crippen molar-refractivity contribution in [3.05, 3.63) is 48.5 Å². The minimum atomic E-state index is 0.820. The molecule has 4 nitrogen and oxygen atoms in total. The van der Waals surface area contributed by atoms with Gasteiger partial charge in [0.2, 0.25) is 0 Å². The molecule has 4 heteroatoms. The molecule has 0 radical (unpaired) electrons. The van der Waals surface area contributed by atoms with E-state index in [1.165, 1.54) is 5.56 Å². The summed E-state index contributed by atoms with van der Waals surface area (Å²) in [5.41, 5.74) is 3.40. The van der Waals surface area contributed by atoms with Crippen LogP contribution in [0, 0.1) is 0 Å². The zero-order valence-electron chi connectivity index (χ0n) is 9.74. The lowest BCUT2D eigenvalue weighted by Gasteiger charge is -2.01. The monoisotopic (exact) mass is 226 g/mol. The van der Waals surface area contributed by atoms with Crippen LogP contribution in [0.3, 0.4) is 0 Å². The lowest BCUT2D eigenvalue weighted by atomic mass is 10.3. The van der Waals surface area contributed by atoms with Crippen molar-refractivity contribution in [2.75, 3.05) is 0 Å². The predicted octanol–water partition coefficient (Wildman–Crippen LogP) is 2.30. The molecular weight excluding hydrogens is 212 g/mol. The molecule has 0 fully saturated rings. The lowest BCUT2D eigenvalue weighted by molar-refractivity contribution is 0.658. The molecule has 3 aromatic rings. The summed E-state index contributed by atoms with van der Waals surface area (Å²) in [6.45, 7) is 3.81. The third-order valence-electron chi connectivity index (χ3n) is 2.89. The van der Waals surface area contributed by atoms with Crippen LogP contribution in [-0.4, -0.2) is 19.3 Å². The van der Waals surface area contributed by atoms with Crippen LogP contribution >= 0.6 is 0 Å². The molecule has 0 bridgehead atoms. The van der Waals surface area contributed by atoms with Gasteiger partial charge in [-0.05, 0) is 19.1 Å². The summed E-state index contributed by atoms with van der Waals surface area (Å²) in [4.78, 5) is 4.38. The summed E-state index contributed by atoms with van der Waals surface area (Å²) in [5.74, 6) is 0. The minimum Gasteiger partial charge on any atom is -0.326 e. The molecule has 0 aliphatic heterocycles. The highest BCUT2D eigenvalue weighted by Gasteiger charge is 2.03.